The lowest BCUT2D eigenvalue weighted by atomic mass is 10.2. The largest absolute Gasteiger partial charge is 0.416 e. The molecule has 2 nitrogen and oxygen atoms in total. The van der Waals surface area contributed by atoms with Crippen LogP contribution in [0.2, 0.25) is 32.2 Å². The first-order chi connectivity index (χ1) is 12.3. The van der Waals surface area contributed by atoms with E-state index in [1.54, 1.807) is 0 Å². The van der Waals surface area contributed by atoms with Crippen LogP contribution in [0.3, 0.4) is 0 Å². The van der Waals surface area contributed by atoms with E-state index in [2.05, 4.69) is 96.9 Å². The average molecular weight is 431 g/mol. The van der Waals surface area contributed by atoms with E-state index in [0.717, 1.165) is 13.2 Å². The fourth-order valence-corrected chi connectivity index (χ4v) is 18.0. The molecule has 0 heterocycles. The Balaban J connectivity index is 5.60. The van der Waals surface area contributed by atoms with Crippen LogP contribution in [0.4, 0.5) is 0 Å². The van der Waals surface area contributed by atoms with Gasteiger partial charge in [0.05, 0.1) is 0 Å². The molecule has 0 fully saturated rings. The maximum absolute atomic E-state index is 6.69. The molecule has 0 aromatic carbocycles. The molecule has 0 amide bonds. The maximum atomic E-state index is 6.69. The van der Waals surface area contributed by atoms with Crippen molar-refractivity contribution in [3.05, 3.63) is 0 Å². The van der Waals surface area contributed by atoms with E-state index in [0.29, 0.717) is 0 Å². The SMILES string of the molecule is CCO[Si](CCCC[Si](OCC)(C(C)(C)C)C(C)(C)C)(C(C)(C)C)C(C)(C)C. The Bertz CT molecular complexity index is 387. The van der Waals surface area contributed by atoms with Gasteiger partial charge >= 0.3 is 0 Å². The third-order valence-corrected chi connectivity index (χ3v) is 20.3. The lowest BCUT2D eigenvalue weighted by molar-refractivity contribution is 0.266. The van der Waals surface area contributed by atoms with Gasteiger partial charge in [-0.2, -0.15) is 0 Å². The summed E-state index contributed by atoms with van der Waals surface area (Å²) in [5, 5.41) is 0.959. The molecule has 170 valence electrons. The van der Waals surface area contributed by atoms with E-state index in [1.807, 2.05) is 0 Å². The fourth-order valence-electron chi connectivity index (χ4n) is 6.00. The van der Waals surface area contributed by atoms with Crippen LogP contribution < -0.4 is 0 Å². The standard InChI is InChI=1S/C24H54O2Si2/c1-15-25-27(21(3,4)5,22(6,7)8)19-17-18-20-28(26-16-2,23(9,10)11)24(12,13)14/h15-20H2,1-14H3. The van der Waals surface area contributed by atoms with Gasteiger partial charge in [0.2, 0.25) is 16.6 Å². The molecule has 0 saturated carbocycles. The van der Waals surface area contributed by atoms with Gasteiger partial charge in [-0.25, -0.2) is 0 Å². The predicted octanol–water partition coefficient (Wildman–Crippen LogP) is 8.93. The van der Waals surface area contributed by atoms with Crippen LogP contribution in [-0.4, -0.2) is 29.8 Å². The van der Waals surface area contributed by atoms with Gasteiger partial charge in [0.15, 0.2) is 0 Å². The molecule has 0 rings (SSSR count). The Morgan fingerprint density at radius 3 is 0.821 bits per heavy atom. The maximum Gasteiger partial charge on any atom is 0.203 e. The van der Waals surface area contributed by atoms with Crippen molar-refractivity contribution in [3.63, 3.8) is 0 Å². The summed E-state index contributed by atoms with van der Waals surface area (Å²) in [6.45, 7) is 34.9. The van der Waals surface area contributed by atoms with Crippen LogP contribution in [0.15, 0.2) is 0 Å². The number of rotatable bonds is 9. The minimum Gasteiger partial charge on any atom is -0.416 e. The fraction of sp³-hybridized carbons (Fsp3) is 1.00. The second kappa shape index (κ2) is 9.66. The zero-order chi connectivity index (χ0) is 22.7. The summed E-state index contributed by atoms with van der Waals surface area (Å²) < 4.78 is 13.4. The van der Waals surface area contributed by atoms with Crippen molar-refractivity contribution in [2.75, 3.05) is 13.2 Å². The van der Waals surface area contributed by atoms with Gasteiger partial charge in [-0.3, -0.25) is 0 Å². The Hall–Kier alpha value is 0.354. The molecule has 0 N–H and O–H groups in total. The number of unbranched alkanes of at least 4 members (excludes halogenated alkanes) is 1. The number of hydrogen-bond donors (Lipinski definition) is 0. The quantitative estimate of drug-likeness (QED) is 0.268. The molecular formula is C24H54O2Si2. The molecular weight excluding hydrogens is 376 g/mol. The van der Waals surface area contributed by atoms with Gasteiger partial charge in [-0.05, 0) is 46.1 Å². The monoisotopic (exact) mass is 430 g/mol. The summed E-state index contributed by atoms with van der Waals surface area (Å²) in [6.07, 6.45) is 2.52. The highest BCUT2D eigenvalue weighted by Gasteiger charge is 2.56. The molecule has 0 aliphatic heterocycles. The van der Waals surface area contributed by atoms with Crippen molar-refractivity contribution in [1.29, 1.82) is 0 Å². The molecule has 28 heavy (non-hydrogen) atoms. The van der Waals surface area contributed by atoms with Crippen LogP contribution >= 0.6 is 0 Å². The van der Waals surface area contributed by atoms with Crippen molar-refractivity contribution < 1.29 is 8.85 Å². The van der Waals surface area contributed by atoms with E-state index in [-0.39, 0.29) is 20.2 Å². The minimum atomic E-state index is -1.93. The molecule has 0 aromatic rings. The van der Waals surface area contributed by atoms with Crippen molar-refractivity contribution >= 4 is 16.6 Å². The van der Waals surface area contributed by atoms with Crippen LogP contribution in [0.1, 0.15) is 110 Å². The molecule has 0 spiro atoms. The van der Waals surface area contributed by atoms with E-state index in [9.17, 15) is 0 Å². The topological polar surface area (TPSA) is 18.5 Å². The third kappa shape index (κ3) is 5.95. The van der Waals surface area contributed by atoms with Gasteiger partial charge in [-0.15, -0.1) is 0 Å². The Labute approximate surface area is 180 Å². The van der Waals surface area contributed by atoms with Crippen LogP contribution in [-0.2, 0) is 8.85 Å². The molecule has 0 aliphatic carbocycles. The molecule has 4 heteroatoms. The summed E-state index contributed by atoms with van der Waals surface area (Å²) >= 11 is 0. The van der Waals surface area contributed by atoms with Crippen molar-refractivity contribution in [3.8, 4) is 0 Å². The second-order valence-corrected chi connectivity index (χ2v) is 23.6. The molecule has 0 radical (unpaired) electrons. The van der Waals surface area contributed by atoms with Gasteiger partial charge in [0.25, 0.3) is 0 Å². The molecule has 0 bridgehead atoms. The van der Waals surface area contributed by atoms with Crippen molar-refractivity contribution in [1.82, 2.24) is 0 Å². The van der Waals surface area contributed by atoms with Gasteiger partial charge in [0.1, 0.15) is 0 Å². The highest BCUT2D eigenvalue weighted by molar-refractivity contribution is 6.80. The number of hydrogen-bond acceptors (Lipinski definition) is 2. The normalized spacial score (nSPS) is 15.2. The van der Waals surface area contributed by atoms with E-state index < -0.39 is 16.6 Å². The molecule has 0 saturated heterocycles. The van der Waals surface area contributed by atoms with Crippen LogP contribution in [0.25, 0.3) is 0 Å². The summed E-state index contributed by atoms with van der Waals surface area (Å²) in [6, 6.07) is 2.50. The third-order valence-electron chi connectivity index (χ3n) is 6.94. The van der Waals surface area contributed by atoms with Gasteiger partial charge < -0.3 is 8.85 Å². The Morgan fingerprint density at radius 2 is 0.679 bits per heavy atom. The van der Waals surface area contributed by atoms with Crippen LogP contribution in [0, 0.1) is 0 Å². The van der Waals surface area contributed by atoms with Gasteiger partial charge in [0, 0.05) is 13.2 Å². The molecule has 0 aliphatic rings. The second-order valence-electron chi connectivity index (χ2n) is 12.7. The Kier molecular flexibility index (Phi) is 9.78. The zero-order valence-electron chi connectivity index (χ0n) is 22.1. The summed E-state index contributed by atoms with van der Waals surface area (Å²) in [4.78, 5) is 0. The molecule has 0 unspecified atom stereocenters. The molecule has 0 aromatic heterocycles. The zero-order valence-corrected chi connectivity index (χ0v) is 24.1. The highest BCUT2D eigenvalue weighted by atomic mass is 28.4. The Morgan fingerprint density at radius 1 is 0.464 bits per heavy atom. The van der Waals surface area contributed by atoms with E-state index in [1.165, 1.54) is 24.9 Å². The first-order valence-corrected chi connectivity index (χ1v) is 15.8. The summed E-state index contributed by atoms with van der Waals surface area (Å²) in [5.74, 6) is 0. The lowest BCUT2D eigenvalue weighted by Gasteiger charge is -2.52. The van der Waals surface area contributed by atoms with Crippen molar-refractivity contribution in [2.24, 2.45) is 0 Å². The highest BCUT2D eigenvalue weighted by Crippen LogP contribution is 2.56. The minimum absolute atomic E-state index is 0.240. The molecule has 0 atom stereocenters. The van der Waals surface area contributed by atoms with Crippen LogP contribution in [0.5, 0.6) is 0 Å². The first-order valence-electron chi connectivity index (χ1n) is 11.6. The first kappa shape index (κ1) is 28.4. The summed E-state index contributed by atoms with van der Waals surface area (Å²) in [7, 11) is -3.86. The average Bonchev–Trinajstić information content (AvgIpc) is 2.44. The lowest BCUT2D eigenvalue weighted by Crippen LogP contribution is -2.55. The van der Waals surface area contributed by atoms with Crippen molar-refractivity contribution in [2.45, 2.75) is 142 Å². The van der Waals surface area contributed by atoms with E-state index in [4.69, 9.17) is 8.85 Å². The predicted molar refractivity (Wildman–Crippen MR) is 132 cm³/mol. The van der Waals surface area contributed by atoms with Gasteiger partial charge in [-0.1, -0.05) is 95.9 Å². The summed E-state index contributed by atoms with van der Waals surface area (Å²) in [5.41, 5.74) is 0. The smallest absolute Gasteiger partial charge is 0.203 e. The van der Waals surface area contributed by atoms with E-state index >= 15 is 0 Å².